The van der Waals surface area contributed by atoms with Gasteiger partial charge in [0, 0.05) is 6.54 Å². The lowest BCUT2D eigenvalue weighted by Gasteiger charge is -2.57. The average molecular weight is 600 g/mol. The summed E-state index contributed by atoms with van der Waals surface area (Å²) in [7, 11) is 0. The van der Waals surface area contributed by atoms with Crippen molar-refractivity contribution in [1.82, 2.24) is 4.90 Å². The third-order valence-corrected chi connectivity index (χ3v) is 11.4. The minimum absolute atomic E-state index is 0.104. The Labute approximate surface area is 269 Å². The monoisotopic (exact) mass is 599 g/mol. The first-order valence-corrected chi connectivity index (χ1v) is 16.7. The van der Waals surface area contributed by atoms with Crippen molar-refractivity contribution in [3.05, 3.63) is 107 Å². The predicted octanol–water partition coefficient (Wildman–Crippen LogP) is 10.5. The van der Waals surface area contributed by atoms with E-state index in [0.29, 0.717) is 17.7 Å². The van der Waals surface area contributed by atoms with Gasteiger partial charge in [0.25, 0.3) is 0 Å². The molecule has 0 saturated carbocycles. The van der Waals surface area contributed by atoms with Crippen molar-refractivity contribution in [2.24, 2.45) is 21.7 Å². The first-order valence-electron chi connectivity index (χ1n) is 16.7. The molecular formula is C41H61NO2. The molecule has 242 valence electrons. The number of hydrogen-bond acceptors (Lipinski definition) is 3. The highest BCUT2D eigenvalue weighted by molar-refractivity contribution is 5.57. The Morgan fingerprint density at radius 3 is 1.23 bits per heavy atom. The zero-order valence-electron chi connectivity index (χ0n) is 30.0. The number of hydrogen-bond donors (Lipinski definition) is 2. The molecule has 3 rings (SSSR count). The van der Waals surface area contributed by atoms with Gasteiger partial charge in [-0.05, 0) is 86.3 Å². The highest BCUT2D eigenvalue weighted by atomic mass is 16.4. The van der Waals surface area contributed by atoms with Crippen LogP contribution in [0.2, 0.25) is 0 Å². The van der Waals surface area contributed by atoms with E-state index in [-0.39, 0.29) is 10.8 Å². The van der Waals surface area contributed by atoms with Crippen LogP contribution in [0.4, 0.5) is 0 Å². The van der Waals surface area contributed by atoms with Gasteiger partial charge in [-0.25, -0.2) is 4.90 Å². The molecule has 1 aromatic rings. The molecule has 0 spiro atoms. The van der Waals surface area contributed by atoms with Gasteiger partial charge < -0.3 is 10.2 Å². The molecule has 2 N–H and O–H groups in total. The summed E-state index contributed by atoms with van der Waals surface area (Å²) in [6, 6.07) is 10.1. The normalized spacial score (nSPS) is 23.8. The quantitative estimate of drug-likeness (QED) is 0.235. The lowest BCUT2D eigenvalue weighted by Crippen LogP contribution is -2.66. The smallest absolute Gasteiger partial charge is 0.170 e. The molecular weight excluding hydrogens is 538 g/mol. The third-order valence-electron chi connectivity index (χ3n) is 11.4. The summed E-state index contributed by atoms with van der Waals surface area (Å²) in [6.07, 6.45) is 12.0. The third kappa shape index (κ3) is 6.17. The van der Waals surface area contributed by atoms with Crippen molar-refractivity contribution in [1.29, 1.82) is 0 Å². The van der Waals surface area contributed by atoms with Crippen molar-refractivity contribution >= 4 is 0 Å². The Balaban J connectivity index is 2.47. The second-order valence-electron chi connectivity index (χ2n) is 15.7. The van der Waals surface area contributed by atoms with Crippen LogP contribution in [-0.2, 0) is 6.54 Å². The number of rotatable bonds is 12. The van der Waals surface area contributed by atoms with Crippen LogP contribution in [0.15, 0.2) is 101 Å². The molecule has 0 fully saturated rings. The Bertz CT molecular complexity index is 1290. The fourth-order valence-corrected chi connectivity index (χ4v) is 6.29. The van der Waals surface area contributed by atoms with Gasteiger partial charge in [0.05, 0.1) is 0 Å². The molecule has 0 aliphatic heterocycles. The maximum atomic E-state index is 13.5. The summed E-state index contributed by atoms with van der Waals surface area (Å²) < 4.78 is 0. The van der Waals surface area contributed by atoms with Crippen molar-refractivity contribution in [2.75, 3.05) is 0 Å². The zero-order valence-corrected chi connectivity index (χ0v) is 30.0. The van der Waals surface area contributed by atoms with Crippen LogP contribution in [0.1, 0.15) is 114 Å². The number of aliphatic hydroxyl groups is 2. The topological polar surface area (TPSA) is 43.7 Å². The second-order valence-corrected chi connectivity index (χ2v) is 15.7. The van der Waals surface area contributed by atoms with Gasteiger partial charge in [-0.3, -0.25) is 0 Å². The summed E-state index contributed by atoms with van der Waals surface area (Å²) in [5.74, 6) is 0. The Kier molecular flexibility index (Phi) is 10.1. The number of benzene rings is 1. The fourth-order valence-electron chi connectivity index (χ4n) is 6.29. The molecule has 2 unspecified atom stereocenters. The Hall–Kier alpha value is -2.46. The summed E-state index contributed by atoms with van der Waals surface area (Å²) in [6.45, 7) is 35.9. The van der Waals surface area contributed by atoms with E-state index < -0.39 is 22.3 Å². The molecule has 0 aromatic heterocycles. The van der Waals surface area contributed by atoms with Crippen molar-refractivity contribution in [2.45, 2.75) is 127 Å². The van der Waals surface area contributed by atoms with E-state index in [0.717, 1.165) is 53.5 Å². The molecule has 0 heterocycles. The summed E-state index contributed by atoms with van der Waals surface area (Å²) in [5.41, 5.74) is 1.78. The molecule has 3 heteroatoms. The first kappa shape index (κ1) is 36.0. The molecule has 0 amide bonds. The van der Waals surface area contributed by atoms with Gasteiger partial charge in [-0.2, -0.15) is 0 Å². The van der Waals surface area contributed by atoms with E-state index in [1.165, 1.54) is 0 Å². The van der Waals surface area contributed by atoms with Gasteiger partial charge in [-0.1, -0.05) is 151 Å². The highest BCUT2D eigenvalue weighted by Crippen LogP contribution is 2.56. The van der Waals surface area contributed by atoms with Crippen LogP contribution in [0.25, 0.3) is 0 Å². The van der Waals surface area contributed by atoms with E-state index in [4.69, 9.17) is 0 Å². The maximum Gasteiger partial charge on any atom is 0.170 e. The van der Waals surface area contributed by atoms with E-state index in [1.807, 2.05) is 23.1 Å². The summed E-state index contributed by atoms with van der Waals surface area (Å²) >= 11 is 0. The second kappa shape index (κ2) is 12.4. The molecule has 3 nitrogen and oxygen atoms in total. The highest BCUT2D eigenvalue weighted by Gasteiger charge is 2.58. The standard InChI is InChI=1S/C41H61NO2/c1-15-36(7,8)32-24-29(5)40(43,34(26-32)38(11,12)17-3)42(28-31-22-20-19-21-23-31)41(44)30(6)25-33(37(9,10)16-2)27-35(41)39(13,14)18-4/h19-27,43-44H,5-6,15-18,28H2,1-4,7-14H3. The zero-order chi connectivity index (χ0) is 33.5. The van der Waals surface area contributed by atoms with Crippen LogP contribution in [0.3, 0.4) is 0 Å². The molecule has 44 heavy (non-hydrogen) atoms. The van der Waals surface area contributed by atoms with E-state index in [9.17, 15) is 10.2 Å². The SMILES string of the molecule is C=C1C=C(C(C)(C)CC)C=C(C(C)(C)CC)C1(O)N(Cc1ccccc1)C1(O)C(=C)C=C(C(C)(C)CC)C=C1C(C)(C)CC. The van der Waals surface area contributed by atoms with Crippen LogP contribution < -0.4 is 0 Å². The van der Waals surface area contributed by atoms with Crippen molar-refractivity contribution in [3.63, 3.8) is 0 Å². The molecule has 1 aromatic carbocycles. The summed E-state index contributed by atoms with van der Waals surface area (Å²) in [5, 5.41) is 26.9. The maximum absolute atomic E-state index is 13.5. The van der Waals surface area contributed by atoms with Crippen LogP contribution in [0.5, 0.6) is 0 Å². The van der Waals surface area contributed by atoms with E-state index in [2.05, 4.69) is 133 Å². The minimum atomic E-state index is -1.69. The average Bonchev–Trinajstić information content (AvgIpc) is 2.98. The van der Waals surface area contributed by atoms with Crippen LogP contribution in [-0.4, -0.2) is 26.6 Å². The molecule has 2 aliphatic rings. The molecule has 2 atom stereocenters. The predicted molar refractivity (Wildman–Crippen MR) is 189 cm³/mol. The Morgan fingerprint density at radius 2 is 0.909 bits per heavy atom. The minimum Gasteiger partial charge on any atom is -0.367 e. The molecule has 0 bridgehead atoms. The van der Waals surface area contributed by atoms with Crippen molar-refractivity contribution in [3.8, 4) is 0 Å². The van der Waals surface area contributed by atoms with E-state index >= 15 is 0 Å². The Morgan fingerprint density at radius 1 is 0.568 bits per heavy atom. The van der Waals surface area contributed by atoms with Gasteiger partial charge in [0.1, 0.15) is 0 Å². The first-order chi connectivity index (χ1) is 20.2. The molecule has 0 radical (unpaired) electrons. The summed E-state index contributed by atoms with van der Waals surface area (Å²) in [4.78, 5) is 1.89. The molecule has 2 aliphatic carbocycles. The van der Waals surface area contributed by atoms with Gasteiger partial charge >= 0.3 is 0 Å². The number of nitrogens with zero attached hydrogens (tertiary/aromatic N) is 1. The van der Waals surface area contributed by atoms with E-state index in [1.54, 1.807) is 0 Å². The lowest BCUT2D eigenvalue weighted by molar-refractivity contribution is -0.178. The van der Waals surface area contributed by atoms with Gasteiger partial charge in [0.15, 0.2) is 11.4 Å². The number of allylic oxidation sites excluding steroid dienone is 4. The lowest BCUT2D eigenvalue weighted by atomic mass is 9.64. The molecule has 0 saturated heterocycles. The van der Waals surface area contributed by atoms with Gasteiger partial charge in [0.2, 0.25) is 0 Å². The largest absolute Gasteiger partial charge is 0.367 e. The van der Waals surface area contributed by atoms with Crippen molar-refractivity contribution < 1.29 is 10.2 Å². The van der Waals surface area contributed by atoms with Crippen LogP contribution >= 0.6 is 0 Å². The fraction of sp³-hybridized carbons (Fsp3) is 0.561. The van der Waals surface area contributed by atoms with Crippen LogP contribution in [0, 0.1) is 21.7 Å². The van der Waals surface area contributed by atoms with Gasteiger partial charge in [-0.15, -0.1) is 0 Å².